The largest absolute Gasteiger partial charge is 0.360 e. The van der Waals surface area contributed by atoms with E-state index in [9.17, 15) is 4.79 Å². The fourth-order valence-electron chi connectivity index (χ4n) is 4.05. The molecule has 0 saturated carbocycles. The minimum Gasteiger partial charge on any atom is -0.360 e. The summed E-state index contributed by atoms with van der Waals surface area (Å²) in [5.41, 5.74) is 2.29. The molecule has 0 spiro atoms. The number of aromatic nitrogens is 1. The Morgan fingerprint density at radius 3 is 2.26 bits per heavy atom. The molecule has 0 fully saturated rings. The van der Waals surface area contributed by atoms with Gasteiger partial charge in [-0.1, -0.05) is 90.0 Å². The number of rotatable bonds is 7. The number of hydrogen-bond donors (Lipinski definition) is 1. The maximum Gasteiger partial charge on any atom is 0.259 e. The maximum atomic E-state index is 15.2. The minimum atomic E-state index is -1.45. The van der Waals surface area contributed by atoms with Crippen LogP contribution in [0.25, 0.3) is 10.9 Å². The first-order chi connectivity index (χ1) is 16.5. The zero-order chi connectivity index (χ0) is 25.3. The fraction of sp³-hybridized carbons (Fsp3) is 0.222. The van der Waals surface area contributed by atoms with E-state index >= 15 is 4.39 Å². The molecule has 4 aromatic rings. The molecule has 0 aliphatic carbocycles. The van der Waals surface area contributed by atoms with Gasteiger partial charge in [-0.3, -0.25) is 4.79 Å². The molecular formula is C27H26Cl3FN2OSi. The van der Waals surface area contributed by atoms with Gasteiger partial charge in [-0.2, -0.15) is 0 Å². The first kappa shape index (κ1) is 25.8. The summed E-state index contributed by atoms with van der Waals surface area (Å²) in [6, 6.07) is 17.1. The van der Waals surface area contributed by atoms with Gasteiger partial charge in [0.1, 0.15) is 5.56 Å². The lowest BCUT2D eigenvalue weighted by Gasteiger charge is -2.25. The highest BCUT2D eigenvalue weighted by Gasteiger charge is 2.25. The molecule has 35 heavy (non-hydrogen) atoms. The zero-order valence-electron chi connectivity index (χ0n) is 19.8. The van der Waals surface area contributed by atoms with Gasteiger partial charge in [-0.25, -0.2) is 4.39 Å². The second-order valence-electron chi connectivity index (χ2n) is 9.66. The fourth-order valence-corrected chi connectivity index (χ4v) is 5.75. The van der Waals surface area contributed by atoms with E-state index < -0.39 is 19.8 Å². The number of amides is 1. The van der Waals surface area contributed by atoms with E-state index in [2.05, 4.69) is 36.8 Å². The zero-order valence-corrected chi connectivity index (χ0v) is 23.0. The van der Waals surface area contributed by atoms with Gasteiger partial charge in [0.2, 0.25) is 0 Å². The first-order valence-corrected chi connectivity index (χ1v) is 16.0. The summed E-state index contributed by atoms with van der Waals surface area (Å²) >= 11 is 18.4. The predicted octanol–water partition coefficient (Wildman–Crippen LogP) is 7.70. The van der Waals surface area contributed by atoms with Crippen LogP contribution >= 0.6 is 34.8 Å². The van der Waals surface area contributed by atoms with E-state index in [-0.39, 0.29) is 10.6 Å². The van der Waals surface area contributed by atoms with Gasteiger partial charge in [-0.05, 0) is 41.8 Å². The smallest absolute Gasteiger partial charge is 0.259 e. The molecule has 0 radical (unpaired) electrons. The van der Waals surface area contributed by atoms with E-state index in [0.29, 0.717) is 40.5 Å². The molecule has 3 aromatic carbocycles. The third kappa shape index (κ3) is 5.75. The highest BCUT2D eigenvalue weighted by molar-refractivity contribution is 6.88. The number of hydrogen-bond acceptors (Lipinski definition) is 1. The summed E-state index contributed by atoms with van der Waals surface area (Å²) in [4.78, 5) is 18.4. The van der Waals surface area contributed by atoms with Crippen LogP contribution < -0.4 is 5.19 Å². The number of nitrogens with one attached hydrogen (secondary N) is 1. The SMILES string of the molecule is C[Si](C)(C)c1ccc(CN(CCc2ccc(Cl)c(Cl)c2)C(=O)c2c(F)c(Cl)cc3cc[nH]c23)cc1. The Hall–Kier alpha value is -2.31. The van der Waals surface area contributed by atoms with Crippen molar-refractivity contribution in [2.24, 2.45) is 0 Å². The molecule has 182 valence electrons. The molecule has 1 aromatic heterocycles. The number of nitrogens with zero attached hydrogens (tertiary/aromatic N) is 1. The lowest BCUT2D eigenvalue weighted by atomic mass is 10.1. The summed E-state index contributed by atoms with van der Waals surface area (Å²) in [5.74, 6) is -1.15. The standard InChI is InChI=1S/C27H26Cl3FN2OSi/c1-35(2,3)20-7-4-18(5-8-20)16-33(13-11-17-6-9-21(28)22(29)14-17)27(34)24-25(31)23(30)15-19-10-12-32-26(19)24/h4-10,12,14-15,32H,11,13,16H2,1-3H3. The summed E-state index contributed by atoms with van der Waals surface area (Å²) < 4.78 is 15.2. The molecule has 4 rings (SSSR count). The Kier molecular flexibility index (Phi) is 7.62. The monoisotopic (exact) mass is 546 g/mol. The maximum absolute atomic E-state index is 15.2. The number of benzene rings is 3. The van der Waals surface area contributed by atoms with Gasteiger partial charge >= 0.3 is 0 Å². The Labute approximate surface area is 220 Å². The summed E-state index contributed by atoms with van der Waals surface area (Å²) in [5, 5.41) is 2.87. The van der Waals surface area contributed by atoms with Crippen LogP contribution in [0, 0.1) is 5.82 Å². The molecular weight excluding hydrogens is 522 g/mol. The lowest BCUT2D eigenvalue weighted by Crippen LogP contribution is -2.37. The van der Waals surface area contributed by atoms with Crippen LogP contribution in [0.2, 0.25) is 34.7 Å². The molecule has 0 bridgehead atoms. The van der Waals surface area contributed by atoms with Gasteiger partial charge < -0.3 is 9.88 Å². The Morgan fingerprint density at radius 1 is 0.914 bits per heavy atom. The molecule has 0 saturated heterocycles. The highest BCUT2D eigenvalue weighted by Crippen LogP contribution is 2.29. The predicted molar refractivity (Wildman–Crippen MR) is 148 cm³/mol. The average molecular weight is 548 g/mol. The van der Waals surface area contributed by atoms with Gasteiger partial charge in [0, 0.05) is 24.7 Å². The summed E-state index contributed by atoms with van der Waals surface area (Å²) in [7, 11) is -1.45. The van der Waals surface area contributed by atoms with Crippen molar-refractivity contribution in [3.05, 3.63) is 98.4 Å². The number of halogens is 4. The molecule has 0 atom stereocenters. The van der Waals surface area contributed by atoms with E-state index in [1.54, 1.807) is 29.3 Å². The van der Waals surface area contributed by atoms with Crippen LogP contribution in [0.3, 0.4) is 0 Å². The molecule has 0 aliphatic heterocycles. The molecule has 3 nitrogen and oxygen atoms in total. The molecule has 1 N–H and O–H groups in total. The van der Waals surface area contributed by atoms with Crippen LogP contribution in [-0.2, 0) is 13.0 Å². The van der Waals surface area contributed by atoms with Crippen molar-refractivity contribution in [1.29, 1.82) is 0 Å². The third-order valence-electron chi connectivity index (χ3n) is 6.09. The normalized spacial score (nSPS) is 11.7. The van der Waals surface area contributed by atoms with Crippen molar-refractivity contribution in [2.45, 2.75) is 32.6 Å². The van der Waals surface area contributed by atoms with Gasteiger partial charge in [0.15, 0.2) is 5.82 Å². The summed E-state index contributed by atoms with van der Waals surface area (Å²) in [6.45, 7) is 7.57. The van der Waals surface area contributed by atoms with E-state index in [4.69, 9.17) is 34.8 Å². The van der Waals surface area contributed by atoms with Crippen molar-refractivity contribution < 1.29 is 9.18 Å². The van der Waals surface area contributed by atoms with Gasteiger partial charge in [-0.15, -0.1) is 0 Å². The van der Waals surface area contributed by atoms with Crippen LogP contribution in [-0.4, -0.2) is 30.4 Å². The number of H-pyrrole nitrogens is 1. The average Bonchev–Trinajstić information content (AvgIpc) is 3.26. The quantitative estimate of drug-likeness (QED) is 0.236. The second kappa shape index (κ2) is 10.4. The van der Waals surface area contributed by atoms with Crippen molar-refractivity contribution in [3.8, 4) is 0 Å². The van der Waals surface area contributed by atoms with Gasteiger partial charge in [0.25, 0.3) is 5.91 Å². The third-order valence-corrected chi connectivity index (χ3v) is 9.17. The number of fused-ring (bicyclic) bond motifs is 1. The number of aromatic amines is 1. The summed E-state index contributed by atoms with van der Waals surface area (Å²) in [6.07, 6.45) is 2.21. The van der Waals surface area contributed by atoms with Crippen LogP contribution in [0.4, 0.5) is 4.39 Å². The Bertz CT molecular complexity index is 1380. The molecule has 1 amide bonds. The minimum absolute atomic E-state index is 0.0506. The van der Waals surface area contributed by atoms with Crippen molar-refractivity contribution >= 4 is 64.9 Å². The molecule has 8 heteroatoms. The van der Waals surface area contributed by atoms with E-state index in [1.165, 1.54) is 11.3 Å². The lowest BCUT2D eigenvalue weighted by molar-refractivity contribution is 0.0742. The first-order valence-electron chi connectivity index (χ1n) is 11.3. The topological polar surface area (TPSA) is 36.1 Å². The van der Waals surface area contributed by atoms with Crippen LogP contribution in [0.15, 0.2) is 60.8 Å². The molecule has 0 unspecified atom stereocenters. The van der Waals surface area contributed by atoms with E-state index in [1.807, 2.05) is 18.2 Å². The number of carbonyl (C=O) groups is 1. The highest BCUT2D eigenvalue weighted by atomic mass is 35.5. The van der Waals surface area contributed by atoms with Crippen molar-refractivity contribution in [3.63, 3.8) is 0 Å². The molecule has 0 aliphatic rings. The van der Waals surface area contributed by atoms with Crippen LogP contribution in [0.5, 0.6) is 0 Å². The number of carbonyl (C=O) groups excluding carboxylic acids is 1. The van der Waals surface area contributed by atoms with Crippen LogP contribution in [0.1, 0.15) is 21.5 Å². The van der Waals surface area contributed by atoms with E-state index in [0.717, 1.165) is 11.1 Å². The van der Waals surface area contributed by atoms with Crippen molar-refractivity contribution in [1.82, 2.24) is 9.88 Å². The molecule has 1 heterocycles. The van der Waals surface area contributed by atoms with Gasteiger partial charge in [0.05, 0.1) is 28.7 Å². The second-order valence-corrected chi connectivity index (χ2v) is 16.0. The Balaban J connectivity index is 1.68. The Morgan fingerprint density at radius 2 is 1.60 bits per heavy atom. The van der Waals surface area contributed by atoms with Crippen molar-refractivity contribution in [2.75, 3.05) is 6.54 Å².